The number of carbonyl (C=O) groups excluding carboxylic acids is 2. The molecular formula is C13H9Cl2NO3S. The average Bonchev–Trinajstić information content (AvgIpc) is 2.85. The van der Waals surface area contributed by atoms with Gasteiger partial charge in [0.05, 0.1) is 23.4 Å². The molecule has 0 fully saturated rings. The van der Waals surface area contributed by atoms with Gasteiger partial charge >= 0.3 is 5.97 Å². The molecule has 1 amide bonds. The lowest BCUT2D eigenvalue weighted by molar-refractivity contribution is 0.0607. The number of benzene rings is 1. The number of carbonyl (C=O) groups is 2. The van der Waals surface area contributed by atoms with Crippen LogP contribution in [0.1, 0.15) is 20.0 Å². The Balaban J connectivity index is 2.24. The van der Waals surface area contributed by atoms with Crippen LogP contribution >= 0.6 is 34.5 Å². The van der Waals surface area contributed by atoms with Crippen molar-refractivity contribution in [1.82, 2.24) is 0 Å². The Morgan fingerprint density at radius 1 is 1.25 bits per heavy atom. The van der Waals surface area contributed by atoms with E-state index >= 15 is 0 Å². The van der Waals surface area contributed by atoms with Crippen molar-refractivity contribution in [2.45, 2.75) is 0 Å². The maximum absolute atomic E-state index is 12.1. The lowest BCUT2D eigenvalue weighted by Gasteiger charge is -2.07. The Morgan fingerprint density at radius 2 is 2.00 bits per heavy atom. The van der Waals surface area contributed by atoms with Gasteiger partial charge in [0.25, 0.3) is 5.91 Å². The van der Waals surface area contributed by atoms with Gasteiger partial charge in [-0.15, -0.1) is 11.3 Å². The van der Waals surface area contributed by atoms with Gasteiger partial charge in [0, 0.05) is 5.02 Å². The van der Waals surface area contributed by atoms with Crippen molar-refractivity contribution in [3.63, 3.8) is 0 Å². The van der Waals surface area contributed by atoms with Gasteiger partial charge in [-0.05, 0) is 29.6 Å². The van der Waals surface area contributed by atoms with E-state index in [9.17, 15) is 9.59 Å². The third kappa shape index (κ3) is 3.12. The summed E-state index contributed by atoms with van der Waals surface area (Å²) in [5.74, 6) is -0.923. The highest BCUT2D eigenvalue weighted by Gasteiger charge is 2.17. The molecule has 0 spiro atoms. The number of thiophene rings is 1. The summed E-state index contributed by atoms with van der Waals surface area (Å²) in [6.07, 6.45) is 0. The Hall–Kier alpha value is -1.56. The molecule has 2 rings (SSSR count). The molecule has 0 aliphatic rings. The first-order valence-corrected chi connectivity index (χ1v) is 7.08. The molecule has 0 radical (unpaired) electrons. The molecule has 0 unspecified atom stereocenters. The molecule has 2 aromatic rings. The second-order valence-corrected chi connectivity index (χ2v) is 5.49. The summed E-state index contributed by atoms with van der Waals surface area (Å²) in [5.41, 5.74) is 0.663. The fraction of sp³-hybridized carbons (Fsp3) is 0.0769. The zero-order valence-corrected chi connectivity index (χ0v) is 12.6. The molecule has 0 aliphatic carbocycles. The van der Waals surface area contributed by atoms with Gasteiger partial charge < -0.3 is 10.1 Å². The zero-order valence-electron chi connectivity index (χ0n) is 10.3. The number of rotatable bonds is 3. The van der Waals surface area contributed by atoms with Crippen molar-refractivity contribution in [3.05, 3.63) is 50.1 Å². The molecule has 1 aromatic carbocycles. The van der Waals surface area contributed by atoms with E-state index in [1.54, 1.807) is 17.5 Å². The summed E-state index contributed by atoms with van der Waals surface area (Å²) in [6, 6.07) is 6.19. The first-order chi connectivity index (χ1) is 9.52. The molecule has 0 saturated heterocycles. The van der Waals surface area contributed by atoms with Crippen LogP contribution in [0.3, 0.4) is 0 Å². The van der Waals surface area contributed by atoms with Gasteiger partial charge in [-0.2, -0.15) is 0 Å². The third-order valence-electron chi connectivity index (χ3n) is 2.46. The van der Waals surface area contributed by atoms with E-state index < -0.39 is 11.9 Å². The highest BCUT2D eigenvalue weighted by Crippen LogP contribution is 2.26. The van der Waals surface area contributed by atoms with Crippen LogP contribution in [0.4, 0.5) is 5.69 Å². The minimum Gasteiger partial charge on any atom is -0.465 e. The highest BCUT2D eigenvalue weighted by atomic mass is 35.5. The molecule has 0 atom stereocenters. The van der Waals surface area contributed by atoms with Crippen molar-refractivity contribution in [1.29, 1.82) is 0 Å². The van der Waals surface area contributed by atoms with Crippen molar-refractivity contribution in [2.24, 2.45) is 0 Å². The summed E-state index contributed by atoms with van der Waals surface area (Å²) in [4.78, 5) is 24.0. The molecule has 104 valence electrons. The van der Waals surface area contributed by atoms with E-state index in [0.717, 1.165) is 0 Å². The molecule has 20 heavy (non-hydrogen) atoms. The lowest BCUT2D eigenvalue weighted by Crippen LogP contribution is -2.14. The number of methoxy groups -OCH3 is 1. The standard InChI is InChI=1S/C13H9Cl2NO3S/c1-19-13(18)11-10(4-5-20-11)16-12(17)8-3-2-7(14)6-9(8)15/h2-6H,1H3,(H,16,17). The van der Waals surface area contributed by atoms with E-state index in [2.05, 4.69) is 10.1 Å². The molecule has 0 aliphatic heterocycles. The molecular weight excluding hydrogens is 321 g/mol. The van der Waals surface area contributed by atoms with E-state index in [0.29, 0.717) is 15.6 Å². The van der Waals surface area contributed by atoms with Crippen molar-refractivity contribution in [3.8, 4) is 0 Å². The smallest absolute Gasteiger partial charge is 0.350 e. The number of anilines is 1. The van der Waals surface area contributed by atoms with Gasteiger partial charge in [-0.1, -0.05) is 23.2 Å². The van der Waals surface area contributed by atoms with E-state index in [-0.39, 0.29) is 10.6 Å². The third-order valence-corrected chi connectivity index (χ3v) is 3.90. The summed E-state index contributed by atoms with van der Waals surface area (Å²) in [6.45, 7) is 0. The predicted molar refractivity (Wildman–Crippen MR) is 80.1 cm³/mol. The fourth-order valence-electron chi connectivity index (χ4n) is 1.52. The molecule has 1 heterocycles. The molecule has 0 bridgehead atoms. The van der Waals surface area contributed by atoms with Gasteiger partial charge in [-0.3, -0.25) is 4.79 Å². The molecule has 4 nitrogen and oxygen atoms in total. The maximum Gasteiger partial charge on any atom is 0.350 e. The Morgan fingerprint density at radius 3 is 2.65 bits per heavy atom. The van der Waals surface area contributed by atoms with Crippen LogP contribution in [0.25, 0.3) is 0 Å². The number of amides is 1. The maximum atomic E-state index is 12.1. The number of nitrogens with one attached hydrogen (secondary N) is 1. The normalized spacial score (nSPS) is 10.2. The van der Waals surface area contributed by atoms with Crippen molar-refractivity contribution >= 4 is 52.1 Å². The minimum absolute atomic E-state index is 0.241. The lowest BCUT2D eigenvalue weighted by atomic mass is 10.2. The van der Waals surface area contributed by atoms with Gasteiger partial charge in [0.15, 0.2) is 0 Å². The number of halogens is 2. The second kappa shape index (κ2) is 6.26. The topological polar surface area (TPSA) is 55.4 Å². The fourth-order valence-corrected chi connectivity index (χ4v) is 2.78. The highest BCUT2D eigenvalue weighted by molar-refractivity contribution is 7.12. The number of ether oxygens (including phenoxy) is 1. The summed E-state index contributed by atoms with van der Waals surface area (Å²) in [7, 11) is 1.28. The quantitative estimate of drug-likeness (QED) is 0.862. The summed E-state index contributed by atoms with van der Waals surface area (Å²) >= 11 is 12.9. The largest absolute Gasteiger partial charge is 0.465 e. The average molecular weight is 330 g/mol. The Kier molecular flexibility index (Phi) is 4.65. The van der Waals surface area contributed by atoms with Crippen LogP contribution < -0.4 is 5.32 Å². The Bertz CT molecular complexity index is 669. The first kappa shape index (κ1) is 14.8. The second-order valence-electron chi connectivity index (χ2n) is 3.73. The van der Waals surface area contributed by atoms with Crippen molar-refractivity contribution < 1.29 is 14.3 Å². The van der Waals surface area contributed by atoms with Crippen LogP contribution in [0, 0.1) is 0 Å². The molecule has 1 N–H and O–H groups in total. The zero-order chi connectivity index (χ0) is 14.7. The van der Waals surface area contributed by atoms with Crippen LogP contribution in [0.15, 0.2) is 29.6 Å². The molecule has 0 saturated carbocycles. The van der Waals surface area contributed by atoms with Gasteiger partial charge in [-0.25, -0.2) is 4.79 Å². The van der Waals surface area contributed by atoms with E-state index in [4.69, 9.17) is 23.2 Å². The minimum atomic E-state index is -0.502. The van der Waals surface area contributed by atoms with Crippen LogP contribution in [0.5, 0.6) is 0 Å². The predicted octanol–water partition coefficient (Wildman–Crippen LogP) is 4.09. The van der Waals surface area contributed by atoms with Gasteiger partial charge in [0.2, 0.25) is 0 Å². The van der Waals surface area contributed by atoms with Crippen molar-refractivity contribution in [2.75, 3.05) is 12.4 Å². The molecule has 7 heteroatoms. The van der Waals surface area contributed by atoms with E-state index in [1.165, 1.54) is 30.6 Å². The van der Waals surface area contributed by atoms with Crippen LogP contribution in [-0.4, -0.2) is 19.0 Å². The SMILES string of the molecule is COC(=O)c1sccc1NC(=O)c1ccc(Cl)cc1Cl. The summed E-state index contributed by atoms with van der Waals surface area (Å²) in [5, 5.41) is 4.99. The van der Waals surface area contributed by atoms with E-state index in [1.807, 2.05) is 0 Å². The van der Waals surface area contributed by atoms with Crippen LogP contribution in [0.2, 0.25) is 10.0 Å². The number of hydrogen-bond acceptors (Lipinski definition) is 4. The molecule has 1 aromatic heterocycles. The summed E-state index contributed by atoms with van der Waals surface area (Å²) < 4.78 is 4.64. The van der Waals surface area contributed by atoms with Crippen LogP contribution in [-0.2, 0) is 4.74 Å². The first-order valence-electron chi connectivity index (χ1n) is 5.45. The Labute approximate surface area is 129 Å². The number of hydrogen-bond donors (Lipinski definition) is 1. The monoisotopic (exact) mass is 329 g/mol. The number of esters is 1. The van der Waals surface area contributed by atoms with Gasteiger partial charge in [0.1, 0.15) is 4.88 Å².